The Morgan fingerprint density at radius 1 is 0.976 bits per heavy atom. The van der Waals surface area contributed by atoms with Crippen molar-refractivity contribution in [3.8, 4) is 11.5 Å². The number of nitrogens with one attached hydrogen (secondary N) is 1. The minimum atomic E-state index is -0.606. The van der Waals surface area contributed by atoms with Crippen LogP contribution in [-0.2, 0) is 11.2 Å². The van der Waals surface area contributed by atoms with Crippen molar-refractivity contribution in [1.29, 1.82) is 0 Å². The van der Waals surface area contributed by atoms with E-state index in [2.05, 4.69) is 9.88 Å². The molecular formula is C31H31Cl2N3O5. The van der Waals surface area contributed by atoms with Gasteiger partial charge in [-0.2, -0.15) is 0 Å². The fourth-order valence-electron chi connectivity index (χ4n) is 5.54. The Kier molecular flexibility index (Phi) is 8.37. The maximum atomic E-state index is 13.5. The Morgan fingerprint density at radius 2 is 1.68 bits per heavy atom. The molecule has 4 aromatic rings. The molecule has 8 nitrogen and oxygen atoms in total. The van der Waals surface area contributed by atoms with E-state index in [4.69, 9.17) is 37.4 Å². The molecule has 10 heteroatoms. The fraction of sp³-hybridized carbons (Fsp3) is 0.323. The van der Waals surface area contributed by atoms with E-state index in [9.17, 15) is 9.90 Å². The normalized spacial score (nSPS) is 18.2. The maximum absolute atomic E-state index is 13.5. The van der Waals surface area contributed by atoms with Crippen LogP contribution < -0.4 is 9.47 Å². The minimum Gasteiger partial charge on any atom is -0.491 e. The van der Waals surface area contributed by atoms with Crippen molar-refractivity contribution >= 4 is 40.2 Å². The molecule has 214 valence electrons. The number of hydrogen-bond donors (Lipinski definition) is 2. The van der Waals surface area contributed by atoms with Crippen LogP contribution in [0, 0.1) is 0 Å². The van der Waals surface area contributed by atoms with Gasteiger partial charge in [-0.1, -0.05) is 35.3 Å². The van der Waals surface area contributed by atoms with Crippen molar-refractivity contribution in [2.45, 2.75) is 18.6 Å². The van der Waals surface area contributed by atoms with E-state index in [0.717, 1.165) is 40.8 Å². The predicted molar refractivity (Wildman–Crippen MR) is 158 cm³/mol. The van der Waals surface area contributed by atoms with E-state index in [1.165, 1.54) is 0 Å². The highest BCUT2D eigenvalue weighted by Crippen LogP contribution is 2.40. The number of carbonyl (C=O) groups is 1. The number of hydrogen-bond acceptors (Lipinski definition) is 6. The predicted octanol–water partition coefficient (Wildman–Crippen LogP) is 5.69. The first-order chi connectivity index (χ1) is 19.9. The Hall–Kier alpha value is -3.27. The van der Waals surface area contributed by atoms with E-state index in [1.54, 1.807) is 29.2 Å². The number of morpholine rings is 1. The second kappa shape index (κ2) is 12.3. The molecule has 1 fully saturated rings. The maximum Gasteiger partial charge on any atom is 0.416 e. The number of aliphatic hydroxyl groups excluding tert-OH is 1. The zero-order chi connectivity index (χ0) is 28.3. The number of fused-ring (bicyclic) bond motifs is 3. The third kappa shape index (κ3) is 6.32. The minimum absolute atomic E-state index is 0.187. The average molecular weight is 597 g/mol. The van der Waals surface area contributed by atoms with E-state index in [1.807, 2.05) is 42.5 Å². The molecule has 1 saturated heterocycles. The SMILES string of the molecule is O=C(Oc1ccc(Cl)cc1)N1CCc2c([nH]c3ccc(Cl)cc23)[C@@H]1c1ccc(OC[C@@H](O)CN2CCOCC2)cc1. The van der Waals surface area contributed by atoms with Gasteiger partial charge in [0.15, 0.2) is 0 Å². The summed E-state index contributed by atoms with van der Waals surface area (Å²) >= 11 is 12.3. The first-order valence-corrected chi connectivity index (χ1v) is 14.4. The summed E-state index contributed by atoms with van der Waals surface area (Å²) in [5, 5.41) is 12.8. The first-order valence-electron chi connectivity index (χ1n) is 13.7. The number of amides is 1. The number of β-amino-alcohol motifs (C(OH)–C–C–N with tert-alkyl or cyclic N) is 1. The summed E-state index contributed by atoms with van der Waals surface area (Å²) in [4.78, 5) is 20.9. The van der Waals surface area contributed by atoms with Gasteiger partial charge in [0.1, 0.15) is 30.3 Å². The van der Waals surface area contributed by atoms with Gasteiger partial charge in [-0.25, -0.2) is 4.79 Å². The first kappa shape index (κ1) is 27.9. The van der Waals surface area contributed by atoms with Crippen LogP contribution in [-0.4, -0.2) is 78.1 Å². The molecule has 3 heterocycles. The summed E-state index contributed by atoms with van der Waals surface area (Å²) in [6.07, 6.45) is -0.402. The molecule has 2 atom stereocenters. The lowest BCUT2D eigenvalue weighted by molar-refractivity contribution is 0.00465. The molecule has 2 N–H and O–H groups in total. The zero-order valence-electron chi connectivity index (χ0n) is 22.4. The molecule has 0 radical (unpaired) electrons. The third-order valence-electron chi connectivity index (χ3n) is 7.55. The molecule has 0 unspecified atom stereocenters. The Bertz CT molecular complexity index is 1500. The van der Waals surface area contributed by atoms with Crippen LogP contribution in [0.25, 0.3) is 10.9 Å². The van der Waals surface area contributed by atoms with Gasteiger partial charge in [0.25, 0.3) is 0 Å². The molecule has 1 amide bonds. The summed E-state index contributed by atoms with van der Waals surface area (Å²) in [5.74, 6) is 1.07. The summed E-state index contributed by atoms with van der Waals surface area (Å²) in [6.45, 7) is 4.19. The van der Waals surface area contributed by atoms with E-state index < -0.39 is 18.2 Å². The molecule has 0 saturated carbocycles. The molecule has 2 aliphatic heterocycles. The van der Waals surface area contributed by atoms with E-state index in [0.29, 0.717) is 54.3 Å². The zero-order valence-corrected chi connectivity index (χ0v) is 23.9. The van der Waals surface area contributed by atoms with Crippen molar-refractivity contribution in [3.63, 3.8) is 0 Å². The topological polar surface area (TPSA) is 87.3 Å². The van der Waals surface area contributed by atoms with Gasteiger partial charge in [0.05, 0.1) is 13.2 Å². The lowest BCUT2D eigenvalue weighted by Gasteiger charge is -2.35. The number of H-pyrrole nitrogens is 1. The fourth-order valence-corrected chi connectivity index (χ4v) is 5.84. The van der Waals surface area contributed by atoms with Crippen LogP contribution in [0.3, 0.4) is 0 Å². The largest absolute Gasteiger partial charge is 0.491 e. The van der Waals surface area contributed by atoms with E-state index >= 15 is 0 Å². The van der Waals surface area contributed by atoms with Crippen molar-refractivity contribution < 1.29 is 24.1 Å². The standard InChI is InChI=1S/C31H31Cl2N3O5/c32-21-3-8-25(9-4-21)41-31(38)36-12-11-26-27-17-22(33)5-10-28(27)34-29(26)30(36)20-1-6-24(7-2-20)40-19-23(37)18-35-13-15-39-16-14-35/h1-10,17,23,30,34,37H,11-16,18-19H2/t23-,30-/m0/s1. The molecule has 2 aliphatic rings. The molecule has 6 rings (SSSR count). The third-order valence-corrected chi connectivity index (χ3v) is 8.04. The highest BCUT2D eigenvalue weighted by atomic mass is 35.5. The van der Waals surface area contributed by atoms with Gasteiger partial charge in [-0.3, -0.25) is 9.80 Å². The van der Waals surface area contributed by atoms with Gasteiger partial charge in [-0.15, -0.1) is 0 Å². The number of halogens is 2. The second-order valence-electron chi connectivity index (χ2n) is 10.3. The molecule has 0 aliphatic carbocycles. The second-order valence-corrected chi connectivity index (χ2v) is 11.2. The monoisotopic (exact) mass is 595 g/mol. The van der Waals surface area contributed by atoms with Gasteiger partial charge in [0, 0.05) is 52.8 Å². The number of rotatable bonds is 7. The smallest absolute Gasteiger partial charge is 0.416 e. The summed E-state index contributed by atoms with van der Waals surface area (Å²) in [7, 11) is 0. The van der Waals surface area contributed by atoms with Crippen LogP contribution >= 0.6 is 23.2 Å². The molecule has 1 aromatic heterocycles. The molecule has 0 bridgehead atoms. The summed E-state index contributed by atoms with van der Waals surface area (Å²) < 4.78 is 17.0. The summed E-state index contributed by atoms with van der Waals surface area (Å²) in [5.41, 5.74) is 3.93. The van der Waals surface area contributed by atoms with Crippen LogP contribution in [0.5, 0.6) is 11.5 Å². The number of carbonyl (C=O) groups excluding carboxylic acids is 1. The lowest BCUT2D eigenvalue weighted by Crippen LogP contribution is -2.42. The van der Waals surface area contributed by atoms with Gasteiger partial charge in [0.2, 0.25) is 0 Å². The molecule has 41 heavy (non-hydrogen) atoms. The summed E-state index contributed by atoms with van der Waals surface area (Å²) in [6, 6.07) is 19.7. The Morgan fingerprint density at radius 3 is 2.44 bits per heavy atom. The molecule has 3 aromatic carbocycles. The highest BCUT2D eigenvalue weighted by molar-refractivity contribution is 6.31. The van der Waals surface area contributed by atoms with Crippen molar-refractivity contribution in [1.82, 2.24) is 14.8 Å². The van der Waals surface area contributed by atoms with Crippen LogP contribution in [0.4, 0.5) is 4.79 Å². The molecule has 0 spiro atoms. The quantitative estimate of drug-likeness (QED) is 0.285. The number of aromatic nitrogens is 1. The lowest BCUT2D eigenvalue weighted by atomic mass is 9.92. The van der Waals surface area contributed by atoms with Crippen molar-refractivity contribution in [2.75, 3.05) is 46.0 Å². The van der Waals surface area contributed by atoms with Crippen LogP contribution in [0.2, 0.25) is 10.0 Å². The van der Waals surface area contributed by atoms with Crippen LogP contribution in [0.1, 0.15) is 22.9 Å². The van der Waals surface area contributed by atoms with Gasteiger partial charge < -0.3 is 24.3 Å². The average Bonchev–Trinajstić information content (AvgIpc) is 3.35. The Balaban J connectivity index is 1.23. The molecular weight excluding hydrogens is 565 g/mol. The Labute approximate surface area is 248 Å². The van der Waals surface area contributed by atoms with Gasteiger partial charge >= 0.3 is 6.09 Å². The van der Waals surface area contributed by atoms with Crippen molar-refractivity contribution in [2.24, 2.45) is 0 Å². The van der Waals surface area contributed by atoms with E-state index in [-0.39, 0.29) is 6.61 Å². The van der Waals surface area contributed by atoms with Crippen molar-refractivity contribution in [3.05, 3.63) is 93.6 Å². The number of aliphatic hydroxyl groups is 1. The number of benzene rings is 3. The number of nitrogens with zero attached hydrogens (tertiary/aromatic N) is 2. The number of aromatic amines is 1. The number of ether oxygens (including phenoxy) is 3. The highest BCUT2D eigenvalue weighted by Gasteiger charge is 2.36. The van der Waals surface area contributed by atoms with Crippen LogP contribution in [0.15, 0.2) is 66.7 Å². The van der Waals surface area contributed by atoms with Gasteiger partial charge in [-0.05, 0) is 72.1 Å².